The first-order chi connectivity index (χ1) is 14.4. The molecule has 1 fully saturated rings. The number of methoxy groups -OCH3 is 1. The van der Waals surface area contributed by atoms with Crippen LogP contribution in [-0.2, 0) is 9.53 Å². The molecule has 1 unspecified atom stereocenters. The van der Waals surface area contributed by atoms with E-state index in [1.54, 1.807) is 48.6 Å². The number of aliphatic hydroxyl groups is 3. The molecule has 0 spiro atoms. The fraction of sp³-hybridized carbons (Fsp3) is 0.435. The molecule has 1 saturated carbocycles. The number of hydrogen-bond acceptors (Lipinski definition) is 6. The van der Waals surface area contributed by atoms with Crippen molar-refractivity contribution in [3.63, 3.8) is 0 Å². The summed E-state index contributed by atoms with van der Waals surface area (Å²) in [5.41, 5.74) is 0. The SMILES string of the molecule is COC(=O)/C=C/C=C/CC[C@@H]1C(/C=C/[C@@H](O)COc2cccc(Cl)c2)[C@H](O)C[C@@H]1O. The van der Waals surface area contributed by atoms with Crippen LogP contribution in [0.3, 0.4) is 0 Å². The van der Waals surface area contributed by atoms with Crippen molar-refractivity contribution in [1.82, 2.24) is 0 Å². The number of hydrogen-bond donors (Lipinski definition) is 3. The first kappa shape index (κ1) is 24.2. The van der Waals surface area contributed by atoms with Crippen LogP contribution in [0.2, 0.25) is 5.02 Å². The summed E-state index contributed by atoms with van der Waals surface area (Å²) in [5, 5.41) is 31.3. The van der Waals surface area contributed by atoms with E-state index in [4.69, 9.17) is 16.3 Å². The van der Waals surface area contributed by atoms with Gasteiger partial charge in [0.05, 0.1) is 19.3 Å². The molecular weight excluding hydrogens is 408 g/mol. The van der Waals surface area contributed by atoms with E-state index in [1.165, 1.54) is 13.2 Å². The van der Waals surface area contributed by atoms with Crippen molar-refractivity contribution in [3.8, 4) is 5.75 Å². The lowest BCUT2D eigenvalue weighted by Gasteiger charge is -2.20. The van der Waals surface area contributed by atoms with Crippen LogP contribution in [0.15, 0.2) is 60.7 Å². The molecule has 5 atom stereocenters. The Balaban J connectivity index is 1.84. The van der Waals surface area contributed by atoms with E-state index < -0.39 is 24.3 Å². The average molecular weight is 437 g/mol. The summed E-state index contributed by atoms with van der Waals surface area (Å²) >= 11 is 5.91. The third-order valence-corrected chi connectivity index (χ3v) is 5.27. The first-order valence-corrected chi connectivity index (χ1v) is 10.3. The maximum Gasteiger partial charge on any atom is 0.330 e. The summed E-state index contributed by atoms with van der Waals surface area (Å²) in [6.45, 7) is 0.0577. The molecule has 0 aliphatic heterocycles. The zero-order valence-corrected chi connectivity index (χ0v) is 17.7. The molecule has 0 aromatic heterocycles. The first-order valence-electron chi connectivity index (χ1n) is 9.92. The van der Waals surface area contributed by atoms with Gasteiger partial charge < -0.3 is 24.8 Å². The molecule has 1 aliphatic rings. The second-order valence-electron chi connectivity index (χ2n) is 7.22. The molecule has 30 heavy (non-hydrogen) atoms. The Morgan fingerprint density at radius 1 is 1.30 bits per heavy atom. The van der Waals surface area contributed by atoms with Gasteiger partial charge in [0.2, 0.25) is 0 Å². The third kappa shape index (κ3) is 7.95. The predicted molar refractivity (Wildman–Crippen MR) is 115 cm³/mol. The van der Waals surface area contributed by atoms with E-state index in [2.05, 4.69) is 4.74 Å². The molecule has 1 aliphatic carbocycles. The van der Waals surface area contributed by atoms with Crippen LogP contribution in [0.25, 0.3) is 0 Å². The lowest BCUT2D eigenvalue weighted by Crippen LogP contribution is -2.21. The fourth-order valence-corrected chi connectivity index (χ4v) is 3.67. The molecule has 164 valence electrons. The molecule has 0 saturated heterocycles. The van der Waals surface area contributed by atoms with Gasteiger partial charge in [-0.3, -0.25) is 0 Å². The largest absolute Gasteiger partial charge is 0.491 e. The fourth-order valence-electron chi connectivity index (χ4n) is 3.49. The highest BCUT2D eigenvalue weighted by atomic mass is 35.5. The number of aliphatic hydroxyl groups excluding tert-OH is 3. The molecule has 2 rings (SSSR count). The summed E-state index contributed by atoms with van der Waals surface area (Å²) in [4.78, 5) is 11.0. The molecule has 0 bridgehead atoms. The lowest BCUT2D eigenvalue weighted by molar-refractivity contribution is -0.134. The van der Waals surface area contributed by atoms with Gasteiger partial charge in [-0.05, 0) is 37.0 Å². The van der Waals surface area contributed by atoms with Crippen LogP contribution < -0.4 is 4.74 Å². The van der Waals surface area contributed by atoms with Crippen molar-refractivity contribution in [1.29, 1.82) is 0 Å². The highest BCUT2D eigenvalue weighted by Gasteiger charge is 2.39. The number of carbonyl (C=O) groups is 1. The highest BCUT2D eigenvalue weighted by Crippen LogP contribution is 2.36. The summed E-state index contributed by atoms with van der Waals surface area (Å²) in [6.07, 6.45) is 9.47. The second-order valence-corrected chi connectivity index (χ2v) is 7.66. The van der Waals surface area contributed by atoms with Gasteiger partial charge in [-0.2, -0.15) is 0 Å². The van der Waals surface area contributed by atoms with Crippen molar-refractivity contribution < 1.29 is 29.6 Å². The second kappa shape index (κ2) is 12.5. The van der Waals surface area contributed by atoms with Crippen molar-refractivity contribution in [2.24, 2.45) is 11.8 Å². The van der Waals surface area contributed by atoms with Gasteiger partial charge in [0.15, 0.2) is 0 Å². The summed E-state index contributed by atoms with van der Waals surface area (Å²) in [7, 11) is 1.32. The molecule has 0 heterocycles. The van der Waals surface area contributed by atoms with Gasteiger partial charge in [-0.15, -0.1) is 0 Å². The Morgan fingerprint density at radius 2 is 2.10 bits per heavy atom. The summed E-state index contributed by atoms with van der Waals surface area (Å²) in [5.74, 6) is -0.222. The van der Waals surface area contributed by atoms with E-state index in [9.17, 15) is 20.1 Å². The number of allylic oxidation sites excluding steroid dienone is 3. The molecule has 6 nitrogen and oxygen atoms in total. The summed E-state index contributed by atoms with van der Waals surface area (Å²) in [6, 6.07) is 6.92. The van der Waals surface area contributed by atoms with E-state index >= 15 is 0 Å². The zero-order valence-electron chi connectivity index (χ0n) is 16.9. The molecule has 7 heteroatoms. The highest BCUT2D eigenvalue weighted by molar-refractivity contribution is 6.30. The van der Waals surface area contributed by atoms with Crippen LogP contribution in [-0.4, -0.2) is 53.3 Å². The van der Waals surface area contributed by atoms with E-state index in [-0.39, 0.29) is 18.4 Å². The normalized spacial score (nSPS) is 25.4. The van der Waals surface area contributed by atoms with Crippen LogP contribution in [0.1, 0.15) is 19.3 Å². The molecular formula is C23H29ClO6. The number of carbonyl (C=O) groups excluding carboxylic acids is 1. The van der Waals surface area contributed by atoms with Crippen molar-refractivity contribution in [3.05, 3.63) is 65.7 Å². The van der Waals surface area contributed by atoms with Crippen molar-refractivity contribution in [2.75, 3.05) is 13.7 Å². The Bertz CT molecular complexity index is 760. The van der Waals surface area contributed by atoms with Gasteiger partial charge in [0.25, 0.3) is 0 Å². The Hall–Kier alpha value is -2.12. The van der Waals surface area contributed by atoms with Crippen LogP contribution in [0, 0.1) is 11.8 Å². The number of rotatable bonds is 10. The Labute approximate surface area is 182 Å². The molecule has 1 aromatic carbocycles. The van der Waals surface area contributed by atoms with E-state index in [0.29, 0.717) is 30.0 Å². The van der Waals surface area contributed by atoms with Crippen LogP contribution in [0.5, 0.6) is 5.75 Å². The van der Waals surface area contributed by atoms with E-state index in [1.807, 2.05) is 6.08 Å². The number of halogens is 1. The maximum absolute atomic E-state index is 11.0. The van der Waals surface area contributed by atoms with Gasteiger partial charge in [-0.1, -0.05) is 48.0 Å². The average Bonchev–Trinajstić information content (AvgIpc) is 2.99. The van der Waals surface area contributed by atoms with Crippen LogP contribution >= 0.6 is 11.6 Å². The standard InChI is InChI=1S/C23H29ClO6/c1-29-23(28)10-5-3-2-4-9-19-20(22(27)14-21(19)26)12-11-17(25)15-30-18-8-6-7-16(24)13-18/h2-3,5-8,10-13,17,19-22,25-27H,4,9,14-15H2,1H3/b3-2+,10-5+,12-11+/t17-,19-,20?,21+,22-/m1/s1. The lowest BCUT2D eigenvalue weighted by atomic mass is 9.88. The number of ether oxygens (including phenoxy) is 2. The van der Waals surface area contributed by atoms with Gasteiger partial charge in [-0.25, -0.2) is 4.79 Å². The Kier molecular flexibility index (Phi) is 10.1. The molecule has 3 N–H and O–H groups in total. The maximum atomic E-state index is 11.0. The Morgan fingerprint density at radius 3 is 2.83 bits per heavy atom. The minimum Gasteiger partial charge on any atom is -0.491 e. The smallest absolute Gasteiger partial charge is 0.330 e. The van der Waals surface area contributed by atoms with Gasteiger partial charge in [0.1, 0.15) is 18.5 Å². The molecule has 0 radical (unpaired) electrons. The van der Waals surface area contributed by atoms with Crippen molar-refractivity contribution in [2.45, 2.75) is 37.6 Å². The third-order valence-electron chi connectivity index (χ3n) is 5.04. The molecule has 0 amide bonds. The minimum absolute atomic E-state index is 0.0577. The van der Waals surface area contributed by atoms with Gasteiger partial charge in [0, 0.05) is 23.4 Å². The van der Waals surface area contributed by atoms with E-state index in [0.717, 1.165) is 0 Å². The van der Waals surface area contributed by atoms with Gasteiger partial charge >= 0.3 is 5.97 Å². The van der Waals surface area contributed by atoms with Crippen molar-refractivity contribution >= 4 is 17.6 Å². The topological polar surface area (TPSA) is 96.2 Å². The predicted octanol–water partition coefficient (Wildman–Crippen LogP) is 3.06. The minimum atomic E-state index is -0.849. The number of benzene rings is 1. The number of esters is 1. The molecule has 1 aromatic rings. The monoisotopic (exact) mass is 436 g/mol. The van der Waals surface area contributed by atoms with Crippen LogP contribution in [0.4, 0.5) is 0 Å². The quantitative estimate of drug-likeness (QED) is 0.226. The summed E-state index contributed by atoms with van der Waals surface area (Å²) < 4.78 is 10.0. The zero-order chi connectivity index (χ0) is 21.9.